The van der Waals surface area contributed by atoms with Gasteiger partial charge < -0.3 is 10.3 Å². The predicted molar refractivity (Wildman–Crippen MR) is 45.8 cm³/mol. The summed E-state index contributed by atoms with van der Waals surface area (Å²) in [6.45, 7) is 0. The molecule has 4 nitrogen and oxygen atoms in total. The number of aromatic nitrogens is 3. The van der Waals surface area contributed by atoms with Crippen molar-refractivity contribution in [1.29, 1.82) is 0 Å². The van der Waals surface area contributed by atoms with E-state index in [-0.39, 0.29) is 18.9 Å². The molecule has 0 bridgehead atoms. The van der Waals surface area contributed by atoms with E-state index in [1.54, 1.807) is 4.57 Å². The molecule has 6 heteroatoms. The molecule has 0 radical (unpaired) electrons. The molecule has 0 saturated heterocycles. The van der Waals surface area contributed by atoms with Crippen molar-refractivity contribution in [1.82, 2.24) is 14.8 Å². The molecule has 1 aliphatic carbocycles. The fourth-order valence-electron chi connectivity index (χ4n) is 1.95. The second-order valence-corrected chi connectivity index (χ2v) is 3.82. The second-order valence-electron chi connectivity index (χ2n) is 3.82. The largest absolute Gasteiger partial charge is 0.327 e. The molecule has 78 valence electrons. The van der Waals surface area contributed by atoms with E-state index in [1.165, 1.54) is 12.7 Å². The van der Waals surface area contributed by atoms with Gasteiger partial charge in [0.1, 0.15) is 12.7 Å². The summed E-state index contributed by atoms with van der Waals surface area (Å²) in [5.74, 6) is -2.66. The molecular formula is C8H12F2N4. The molecule has 14 heavy (non-hydrogen) atoms. The van der Waals surface area contributed by atoms with Crippen molar-refractivity contribution >= 4 is 0 Å². The molecule has 2 rings (SSSR count). The van der Waals surface area contributed by atoms with Gasteiger partial charge in [0.25, 0.3) is 5.92 Å². The normalized spacial score (nSPS) is 31.6. The van der Waals surface area contributed by atoms with Gasteiger partial charge in [-0.25, -0.2) is 8.78 Å². The molecule has 0 amide bonds. The highest BCUT2D eigenvalue weighted by molar-refractivity contribution is 4.89. The predicted octanol–water partition coefficient (Wildman–Crippen LogP) is 0.966. The van der Waals surface area contributed by atoms with Crippen LogP contribution < -0.4 is 5.73 Å². The van der Waals surface area contributed by atoms with Crippen LogP contribution in [0.15, 0.2) is 12.7 Å². The molecule has 1 aliphatic rings. The zero-order valence-electron chi connectivity index (χ0n) is 7.61. The van der Waals surface area contributed by atoms with Crippen LogP contribution in [0.1, 0.15) is 25.3 Å². The lowest BCUT2D eigenvalue weighted by Gasteiger charge is -2.33. The summed E-state index contributed by atoms with van der Waals surface area (Å²) in [5.41, 5.74) is 5.57. The molecule has 0 spiro atoms. The van der Waals surface area contributed by atoms with Crippen molar-refractivity contribution in [3.8, 4) is 0 Å². The summed E-state index contributed by atoms with van der Waals surface area (Å²) in [6, 6.07) is -0.713. The third-order valence-electron chi connectivity index (χ3n) is 2.53. The second kappa shape index (κ2) is 3.27. The Morgan fingerprint density at radius 1 is 1.29 bits per heavy atom. The molecule has 1 heterocycles. The van der Waals surface area contributed by atoms with Gasteiger partial charge in [-0.3, -0.25) is 0 Å². The van der Waals surface area contributed by atoms with Crippen LogP contribution in [-0.4, -0.2) is 26.7 Å². The zero-order valence-corrected chi connectivity index (χ0v) is 7.61. The van der Waals surface area contributed by atoms with Gasteiger partial charge >= 0.3 is 0 Å². The number of alkyl halides is 2. The van der Waals surface area contributed by atoms with Gasteiger partial charge in [0.15, 0.2) is 0 Å². The van der Waals surface area contributed by atoms with Crippen LogP contribution in [0, 0.1) is 0 Å². The molecular weight excluding hydrogens is 190 g/mol. The van der Waals surface area contributed by atoms with E-state index < -0.39 is 12.0 Å². The standard InChI is InChI=1S/C8H12F2N4/c9-8(10)2-6(11)1-7(3-8)14-4-12-13-5-14/h4-7H,1-3,11H2/t6-,7+/m1/s1. The lowest BCUT2D eigenvalue weighted by Crippen LogP contribution is -2.39. The maximum atomic E-state index is 13.2. The fraction of sp³-hybridized carbons (Fsp3) is 0.750. The minimum Gasteiger partial charge on any atom is -0.327 e. The first-order chi connectivity index (χ1) is 6.57. The number of hydrogen-bond acceptors (Lipinski definition) is 3. The van der Waals surface area contributed by atoms with Gasteiger partial charge in [-0.15, -0.1) is 10.2 Å². The van der Waals surface area contributed by atoms with Crippen molar-refractivity contribution in [3.05, 3.63) is 12.7 Å². The van der Waals surface area contributed by atoms with E-state index in [1.807, 2.05) is 0 Å². The third kappa shape index (κ3) is 1.89. The van der Waals surface area contributed by atoms with Crippen LogP contribution >= 0.6 is 0 Å². The Morgan fingerprint density at radius 2 is 1.93 bits per heavy atom. The number of halogens is 2. The zero-order chi connectivity index (χ0) is 10.2. The van der Waals surface area contributed by atoms with Crippen LogP contribution in [0.25, 0.3) is 0 Å². The van der Waals surface area contributed by atoms with E-state index in [2.05, 4.69) is 10.2 Å². The van der Waals surface area contributed by atoms with Crippen molar-refractivity contribution in [3.63, 3.8) is 0 Å². The van der Waals surface area contributed by atoms with Crippen LogP contribution in [0.5, 0.6) is 0 Å². The highest BCUT2D eigenvalue weighted by Gasteiger charge is 2.40. The van der Waals surface area contributed by atoms with Gasteiger partial charge in [-0.2, -0.15) is 0 Å². The first-order valence-electron chi connectivity index (χ1n) is 4.54. The van der Waals surface area contributed by atoms with Crippen LogP contribution in [-0.2, 0) is 0 Å². The van der Waals surface area contributed by atoms with Crippen molar-refractivity contribution in [2.75, 3.05) is 0 Å². The van der Waals surface area contributed by atoms with Crippen LogP contribution in [0.2, 0.25) is 0 Å². The van der Waals surface area contributed by atoms with Gasteiger partial charge in [0.05, 0.1) is 0 Å². The molecule has 0 aliphatic heterocycles. The van der Waals surface area contributed by atoms with Gasteiger partial charge in [0.2, 0.25) is 0 Å². The Bertz CT molecular complexity index is 298. The van der Waals surface area contributed by atoms with Gasteiger partial charge in [0, 0.05) is 24.9 Å². The Kier molecular flexibility index (Phi) is 2.22. The smallest absolute Gasteiger partial charge is 0.251 e. The first kappa shape index (κ1) is 9.51. The highest BCUT2D eigenvalue weighted by atomic mass is 19.3. The van der Waals surface area contributed by atoms with Gasteiger partial charge in [-0.1, -0.05) is 0 Å². The summed E-state index contributed by atoms with van der Waals surface area (Å²) in [6.07, 6.45) is 3.09. The minimum atomic E-state index is -2.66. The van der Waals surface area contributed by atoms with E-state index in [4.69, 9.17) is 5.73 Å². The van der Waals surface area contributed by atoms with Crippen molar-refractivity contribution < 1.29 is 8.78 Å². The molecule has 2 N–H and O–H groups in total. The summed E-state index contributed by atoms with van der Waals surface area (Å²) in [7, 11) is 0. The van der Waals surface area contributed by atoms with Crippen LogP contribution in [0.3, 0.4) is 0 Å². The summed E-state index contributed by atoms with van der Waals surface area (Å²) >= 11 is 0. The van der Waals surface area contributed by atoms with Crippen LogP contribution in [0.4, 0.5) is 8.78 Å². The molecule has 0 unspecified atom stereocenters. The third-order valence-corrected chi connectivity index (χ3v) is 2.53. The highest BCUT2D eigenvalue weighted by Crippen LogP contribution is 2.38. The number of nitrogens with two attached hydrogens (primary N) is 1. The Morgan fingerprint density at radius 3 is 2.50 bits per heavy atom. The minimum absolute atomic E-state index is 0.168. The SMILES string of the molecule is N[C@@H]1C[C@H](n2cnnc2)CC(F)(F)C1. The van der Waals surface area contributed by atoms with E-state index in [0.29, 0.717) is 6.42 Å². The molecule has 1 fully saturated rings. The molecule has 1 aromatic rings. The quantitative estimate of drug-likeness (QED) is 0.738. The average molecular weight is 202 g/mol. The molecule has 1 aromatic heterocycles. The van der Waals surface area contributed by atoms with E-state index in [0.717, 1.165) is 0 Å². The lowest BCUT2D eigenvalue weighted by atomic mass is 9.88. The summed E-state index contributed by atoms with van der Waals surface area (Å²) in [5, 5.41) is 7.19. The Balaban J connectivity index is 2.14. The fourth-order valence-corrected chi connectivity index (χ4v) is 1.95. The maximum Gasteiger partial charge on any atom is 0.251 e. The topological polar surface area (TPSA) is 56.7 Å². The summed E-state index contributed by atoms with van der Waals surface area (Å²) in [4.78, 5) is 0. The molecule has 1 saturated carbocycles. The molecule has 2 atom stereocenters. The van der Waals surface area contributed by atoms with Crippen molar-refractivity contribution in [2.45, 2.75) is 37.3 Å². The molecule has 0 aromatic carbocycles. The average Bonchev–Trinajstić information content (AvgIpc) is 2.51. The summed E-state index contributed by atoms with van der Waals surface area (Å²) < 4.78 is 27.9. The monoisotopic (exact) mass is 202 g/mol. The van der Waals surface area contributed by atoms with E-state index >= 15 is 0 Å². The first-order valence-corrected chi connectivity index (χ1v) is 4.54. The lowest BCUT2D eigenvalue weighted by molar-refractivity contribution is -0.0558. The Labute approximate surface area is 80.1 Å². The van der Waals surface area contributed by atoms with Gasteiger partial charge in [-0.05, 0) is 6.42 Å². The Hall–Kier alpha value is -1.04. The maximum absolute atomic E-state index is 13.2. The number of nitrogens with zero attached hydrogens (tertiary/aromatic N) is 3. The number of hydrogen-bond donors (Lipinski definition) is 1. The van der Waals surface area contributed by atoms with E-state index in [9.17, 15) is 8.78 Å². The van der Waals surface area contributed by atoms with Crippen molar-refractivity contribution in [2.24, 2.45) is 5.73 Å². The number of rotatable bonds is 1.